The number of amides is 1. The van der Waals surface area contributed by atoms with Crippen molar-refractivity contribution in [1.82, 2.24) is 5.32 Å². The summed E-state index contributed by atoms with van der Waals surface area (Å²) in [6, 6.07) is -1.12. The van der Waals surface area contributed by atoms with Crippen LogP contribution in [-0.2, 0) is 14.4 Å². The van der Waals surface area contributed by atoms with Gasteiger partial charge in [-0.05, 0) is 6.42 Å². The molecule has 7 heteroatoms. The van der Waals surface area contributed by atoms with Crippen LogP contribution in [0.25, 0.3) is 0 Å². The molecule has 0 saturated carbocycles. The lowest BCUT2D eigenvalue weighted by Gasteiger charge is -2.10. The lowest BCUT2D eigenvalue weighted by Crippen LogP contribution is -2.39. The van der Waals surface area contributed by atoms with Crippen molar-refractivity contribution in [2.24, 2.45) is 0 Å². The summed E-state index contributed by atoms with van der Waals surface area (Å²) in [6.07, 6.45) is -0.387. The van der Waals surface area contributed by atoms with Crippen molar-refractivity contribution in [1.29, 1.82) is 0 Å². The third-order valence-corrected chi connectivity index (χ3v) is 1.32. The van der Waals surface area contributed by atoms with Crippen LogP contribution in [0.5, 0.6) is 0 Å². The summed E-state index contributed by atoms with van der Waals surface area (Å²) < 4.78 is 0. The van der Waals surface area contributed by atoms with Crippen molar-refractivity contribution in [2.75, 3.05) is 0 Å². The SMILES string of the molecule is CC(=O)NC(CCC(=O)O)C(=O)O.[AlH3]. The molecule has 0 heterocycles. The minimum Gasteiger partial charge on any atom is -0.481 e. The lowest BCUT2D eigenvalue weighted by molar-refractivity contribution is -0.142. The van der Waals surface area contributed by atoms with E-state index >= 15 is 0 Å². The van der Waals surface area contributed by atoms with E-state index in [0.717, 1.165) is 0 Å². The summed E-state index contributed by atoms with van der Waals surface area (Å²) in [4.78, 5) is 31.0. The van der Waals surface area contributed by atoms with Crippen LogP contribution in [-0.4, -0.2) is 51.5 Å². The van der Waals surface area contributed by atoms with E-state index in [1.807, 2.05) is 0 Å². The van der Waals surface area contributed by atoms with E-state index in [-0.39, 0.29) is 30.2 Å². The molecule has 80 valence electrons. The molecule has 0 aromatic carbocycles. The zero-order valence-electron chi connectivity index (χ0n) is 7.11. The van der Waals surface area contributed by atoms with Gasteiger partial charge in [0.1, 0.15) is 6.04 Å². The van der Waals surface area contributed by atoms with Crippen molar-refractivity contribution >= 4 is 35.2 Å². The van der Waals surface area contributed by atoms with E-state index in [4.69, 9.17) is 10.2 Å². The van der Waals surface area contributed by atoms with Crippen LogP contribution in [0.3, 0.4) is 0 Å². The van der Waals surface area contributed by atoms with Gasteiger partial charge in [0.2, 0.25) is 5.91 Å². The molecule has 0 radical (unpaired) electrons. The summed E-state index contributed by atoms with van der Waals surface area (Å²) in [7, 11) is 0. The molecule has 0 aliphatic heterocycles. The van der Waals surface area contributed by atoms with Crippen LogP contribution in [0.1, 0.15) is 19.8 Å². The van der Waals surface area contributed by atoms with E-state index in [0.29, 0.717) is 0 Å². The highest BCUT2D eigenvalue weighted by Gasteiger charge is 2.18. The average Bonchev–Trinajstić information content (AvgIpc) is 1.96. The Hall–Kier alpha value is -1.06. The monoisotopic (exact) mass is 219 g/mol. The molecule has 0 spiro atoms. The van der Waals surface area contributed by atoms with Crippen molar-refractivity contribution in [3.63, 3.8) is 0 Å². The van der Waals surface area contributed by atoms with Gasteiger partial charge in [0.15, 0.2) is 17.4 Å². The molecule has 0 aliphatic carbocycles. The molecule has 1 atom stereocenters. The Balaban J connectivity index is 0. The van der Waals surface area contributed by atoms with E-state index in [9.17, 15) is 14.4 Å². The maximum Gasteiger partial charge on any atom is 0.326 e. The Bertz CT molecular complexity index is 230. The quantitative estimate of drug-likeness (QED) is 0.476. The number of carbonyl (C=O) groups excluding carboxylic acids is 1. The number of nitrogens with one attached hydrogen (secondary N) is 1. The first kappa shape index (κ1) is 15.4. The Morgan fingerprint density at radius 2 is 1.79 bits per heavy atom. The molecule has 0 saturated heterocycles. The summed E-state index contributed by atoms with van der Waals surface area (Å²) in [5, 5.41) is 18.9. The van der Waals surface area contributed by atoms with Gasteiger partial charge < -0.3 is 15.5 Å². The average molecular weight is 219 g/mol. The number of hydrogen-bond donors (Lipinski definition) is 3. The zero-order valence-corrected chi connectivity index (χ0v) is 7.11. The van der Waals surface area contributed by atoms with Gasteiger partial charge in [-0.1, -0.05) is 0 Å². The van der Waals surface area contributed by atoms with Gasteiger partial charge in [-0.3, -0.25) is 9.59 Å². The number of rotatable bonds is 5. The highest BCUT2D eigenvalue weighted by molar-refractivity contribution is 5.82. The van der Waals surface area contributed by atoms with E-state index in [2.05, 4.69) is 5.32 Å². The van der Waals surface area contributed by atoms with Gasteiger partial charge in [-0.2, -0.15) is 0 Å². The van der Waals surface area contributed by atoms with Crippen LogP contribution in [0.15, 0.2) is 0 Å². The number of aliphatic carboxylic acids is 2. The number of carboxylic acids is 2. The Morgan fingerprint density at radius 1 is 1.29 bits per heavy atom. The van der Waals surface area contributed by atoms with Gasteiger partial charge in [0.25, 0.3) is 0 Å². The highest BCUT2D eigenvalue weighted by atomic mass is 27.0. The number of carbonyl (C=O) groups is 3. The largest absolute Gasteiger partial charge is 0.481 e. The minimum atomic E-state index is -1.23. The molecule has 1 amide bonds. The molecule has 0 rings (SSSR count). The predicted molar refractivity (Wildman–Crippen MR) is 52.0 cm³/mol. The molecule has 0 fully saturated rings. The first-order chi connectivity index (χ1) is 5.93. The second-order valence-electron chi connectivity index (χ2n) is 2.52. The summed E-state index contributed by atoms with van der Waals surface area (Å²) in [6.45, 7) is 1.18. The molecular formula is C7H14AlNO5. The third-order valence-electron chi connectivity index (χ3n) is 1.32. The Kier molecular flexibility index (Phi) is 8.10. The molecule has 0 aromatic heterocycles. The minimum absolute atomic E-state index is 0. The second kappa shape index (κ2) is 7.36. The van der Waals surface area contributed by atoms with Crippen LogP contribution >= 0.6 is 0 Å². The topological polar surface area (TPSA) is 104 Å². The van der Waals surface area contributed by atoms with Gasteiger partial charge >= 0.3 is 11.9 Å². The predicted octanol–water partition coefficient (Wildman–Crippen LogP) is -1.74. The summed E-state index contributed by atoms with van der Waals surface area (Å²) in [5.41, 5.74) is 0. The summed E-state index contributed by atoms with van der Waals surface area (Å²) >= 11 is 0. The van der Waals surface area contributed by atoms with Gasteiger partial charge in [-0.25, -0.2) is 4.79 Å². The fourth-order valence-corrected chi connectivity index (χ4v) is 0.771. The zero-order chi connectivity index (χ0) is 10.4. The fourth-order valence-electron chi connectivity index (χ4n) is 0.771. The molecule has 0 aromatic rings. The number of carboxylic acid groups (broad SMARTS) is 2. The van der Waals surface area contributed by atoms with Crippen LogP contribution in [0.2, 0.25) is 0 Å². The van der Waals surface area contributed by atoms with Crippen molar-refractivity contribution < 1.29 is 24.6 Å². The molecule has 0 bridgehead atoms. The first-order valence-electron chi connectivity index (χ1n) is 3.65. The smallest absolute Gasteiger partial charge is 0.326 e. The van der Waals surface area contributed by atoms with Crippen molar-refractivity contribution in [3.05, 3.63) is 0 Å². The number of hydrogen-bond acceptors (Lipinski definition) is 3. The van der Waals surface area contributed by atoms with Crippen LogP contribution < -0.4 is 5.32 Å². The maximum atomic E-state index is 10.5. The first-order valence-corrected chi connectivity index (χ1v) is 3.65. The molecule has 1 unspecified atom stereocenters. The summed E-state index contributed by atoms with van der Waals surface area (Å²) in [5.74, 6) is -2.80. The van der Waals surface area contributed by atoms with Crippen molar-refractivity contribution in [3.8, 4) is 0 Å². The standard InChI is InChI=1S/C7H11NO5.Al.3H/c1-4(9)8-5(7(12)13)2-3-6(10)11;;;;/h5H,2-3H2,1H3,(H,8,9)(H,10,11)(H,12,13);;;;. The van der Waals surface area contributed by atoms with Crippen LogP contribution in [0.4, 0.5) is 0 Å². The lowest BCUT2D eigenvalue weighted by atomic mass is 10.1. The molecule has 0 aliphatic rings. The normalized spacial score (nSPS) is 10.9. The molecule has 14 heavy (non-hydrogen) atoms. The highest BCUT2D eigenvalue weighted by Crippen LogP contribution is 1.97. The van der Waals surface area contributed by atoms with Crippen molar-refractivity contribution in [2.45, 2.75) is 25.8 Å². The Morgan fingerprint density at radius 3 is 2.07 bits per heavy atom. The molecule has 3 N–H and O–H groups in total. The van der Waals surface area contributed by atoms with Gasteiger partial charge in [-0.15, -0.1) is 0 Å². The van der Waals surface area contributed by atoms with Gasteiger partial charge in [0, 0.05) is 13.3 Å². The fraction of sp³-hybridized carbons (Fsp3) is 0.571. The maximum absolute atomic E-state index is 10.5. The van der Waals surface area contributed by atoms with E-state index in [1.54, 1.807) is 0 Å². The third kappa shape index (κ3) is 7.58. The van der Waals surface area contributed by atoms with E-state index in [1.165, 1.54) is 6.92 Å². The van der Waals surface area contributed by atoms with E-state index < -0.39 is 23.9 Å². The Labute approximate surface area is 91.4 Å². The van der Waals surface area contributed by atoms with Crippen LogP contribution in [0, 0.1) is 0 Å². The molecule has 6 nitrogen and oxygen atoms in total. The second-order valence-corrected chi connectivity index (χ2v) is 2.52. The van der Waals surface area contributed by atoms with Gasteiger partial charge in [0.05, 0.1) is 0 Å². The molecular weight excluding hydrogens is 205 g/mol.